The van der Waals surface area contributed by atoms with Gasteiger partial charge in [0.2, 0.25) is 0 Å². The molecule has 0 saturated carbocycles. The number of nitrogens with zero attached hydrogens (tertiary/aromatic N) is 1. The molecule has 2 fully saturated rings. The smallest absolute Gasteiger partial charge is 0.443 e. The molecule has 7 heteroatoms. The number of nitrogens with one attached hydrogen (secondary N) is 1. The molecule has 2 aliphatic rings. The summed E-state index contributed by atoms with van der Waals surface area (Å²) in [7, 11) is 0. The van der Waals surface area contributed by atoms with Gasteiger partial charge in [-0.2, -0.15) is 0 Å². The molecule has 0 bridgehead atoms. The zero-order valence-corrected chi connectivity index (χ0v) is 10.1. The quantitative estimate of drug-likeness (QED) is 0.630. The Morgan fingerprint density at radius 2 is 2.06 bits per heavy atom. The summed E-state index contributed by atoms with van der Waals surface area (Å²) < 4.78 is 15.0. The van der Waals surface area contributed by atoms with Crippen LogP contribution in [0, 0.1) is 0 Å². The molecule has 0 radical (unpaired) electrons. The van der Waals surface area contributed by atoms with E-state index in [0.717, 1.165) is 0 Å². The number of ether oxygens (including phenoxy) is 3. The Hall–Kier alpha value is -1.50. The minimum atomic E-state index is -0.687. The van der Waals surface area contributed by atoms with Gasteiger partial charge in [0.1, 0.15) is 5.60 Å². The van der Waals surface area contributed by atoms with Crippen LogP contribution in [-0.4, -0.2) is 48.2 Å². The second kappa shape index (κ2) is 4.06. The first-order valence-electron chi connectivity index (χ1n) is 5.46. The van der Waals surface area contributed by atoms with E-state index >= 15 is 0 Å². The molecule has 1 amide bonds. The highest BCUT2D eigenvalue weighted by atomic mass is 16.8. The van der Waals surface area contributed by atoms with Crippen LogP contribution in [0.15, 0.2) is 0 Å². The molecular weight excluding hydrogens is 228 g/mol. The fourth-order valence-corrected chi connectivity index (χ4v) is 1.66. The lowest BCUT2D eigenvalue weighted by atomic mass is 10.2. The molecule has 2 atom stereocenters. The molecule has 0 aromatic heterocycles. The second-order valence-electron chi connectivity index (χ2n) is 5.02. The molecule has 17 heavy (non-hydrogen) atoms. The number of fused-ring (bicyclic) bond motifs is 1. The molecule has 2 aliphatic heterocycles. The van der Waals surface area contributed by atoms with E-state index in [2.05, 4.69) is 5.43 Å². The summed E-state index contributed by atoms with van der Waals surface area (Å²) in [5.74, 6) is 0. The fraction of sp³-hybridized carbons (Fsp3) is 0.800. The van der Waals surface area contributed by atoms with Crippen LogP contribution < -0.4 is 5.43 Å². The van der Waals surface area contributed by atoms with Crippen LogP contribution >= 0.6 is 0 Å². The number of hydrazine groups is 1. The molecule has 0 aromatic carbocycles. The van der Waals surface area contributed by atoms with Crippen LogP contribution in [0.1, 0.15) is 20.8 Å². The monoisotopic (exact) mass is 244 g/mol. The minimum absolute atomic E-state index is 0.228. The largest absolute Gasteiger partial charge is 0.509 e. The Morgan fingerprint density at radius 3 is 2.71 bits per heavy atom. The third-order valence-corrected chi connectivity index (χ3v) is 2.37. The van der Waals surface area contributed by atoms with Crippen molar-refractivity contribution in [3.8, 4) is 0 Å². The normalized spacial score (nSPS) is 28.2. The van der Waals surface area contributed by atoms with Gasteiger partial charge in [-0.25, -0.2) is 20.0 Å². The van der Waals surface area contributed by atoms with Crippen LogP contribution in [0.4, 0.5) is 9.59 Å². The van der Waals surface area contributed by atoms with Crippen LogP contribution in [0.3, 0.4) is 0 Å². The minimum Gasteiger partial charge on any atom is -0.443 e. The highest BCUT2D eigenvalue weighted by Crippen LogP contribution is 2.20. The number of hydrogen-bond donors (Lipinski definition) is 1. The van der Waals surface area contributed by atoms with Gasteiger partial charge in [0.05, 0.1) is 13.1 Å². The maximum absolute atomic E-state index is 11.7. The predicted molar refractivity (Wildman–Crippen MR) is 56.1 cm³/mol. The second-order valence-corrected chi connectivity index (χ2v) is 5.02. The lowest BCUT2D eigenvalue weighted by molar-refractivity contribution is -0.0188. The zero-order valence-electron chi connectivity index (χ0n) is 10.1. The van der Waals surface area contributed by atoms with E-state index in [1.54, 1.807) is 20.8 Å². The standard InChI is InChI=1S/C10H16N2O5/c1-10(2,3)17-8(13)12-5-7-6(4-11-12)15-9(14)16-7/h6-7,11H,4-5H2,1-3H3/t6-,7+/m1/s1. The lowest BCUT2D eigenvalue weighted by Gasteiger charge is -2.33. The molecule has 1 N–H and O–H groups in total. The molecule has 0 spiro atoms. The molecule has 96 valence electrons. The third-order valence-electron chi connectivity index (χ3n) is 2.37. The van der Waals surface area contributed by atoms with Crippen molar-refractivity contribution >= 4 is 12.2 Å². The van der Waals surface area contributed by atoms with E-state index in [-0.39, 0.29) is 12.6 Å². The van der Waals surface area contributed by atoms with E-state index in [1.165, 1.54) is 5.01 Å². The van der Waals surface area contributed by atoms with E-state index in [4.69, 9.17) is 14.2 Å². The molecule has 2 saturated heterocycles. The van der Waals surface area contributed by atoms with Crippen molar-refractivity contribution in [2.45, 2.75) is 38.6 Å². The first-order valence-corrected chi connectivity index (χ1v) is 5.46. The average molecular weight is 244 g/mol. The number of rotatable bonds is 0. The molecular formula is C10H16N2O5. The summed E-state index contributed by atoms with van der Waals surface area (Å²) in [6.45, 7) is 5.93. The maximum atomic E-state index is 11.7. The van der Waals surface area contributed by atoms with E-state index < -0.39 is 24.0 Å². The van der Waals surface area contributed by atoms with Crippen LogP contribution in [-0.2, 0) is 14.2 Å². The van der Waals surface area contributed by atoms with Crippen molar-refractivity contribution in [1.82, 2.24) is 10.4 Å². The van der Waals surface area contributed by atoms with E-state index in [0.29, 0.717) is 6.54 Å². The van der Waals surface area contributed by atoms with E-state index in [1.807, 2.05) is 0 Å². The van der Waals surface area contributed by atoms with Crippen LogP contribution in [0.25, 0.3) is 0 Å². The van der Waals surface area contributed by atoms with Crippen molar-refractivity contribution in [1.29, 1.82) is 0 Å². The van der Waals surface area contributed by atoms with E-state index in [9.17, 15) is 9.59 Å². The predicted octanol–water partition coefficient (Wildman–Crippen LogP) is 0.646. The Morgan fingerprint density at radius 1 is 1.41 bits per heavy atom. The summed E-state index contributed by atoms with van der Waals surface area (Å²) in [5.41, 5.74) is 2.28. The third kappa shape index (κ3) is 2.79. The van der Waals surface area contributed by atoms with Gasteiger partial charge < -0.3 is 14.2 Å². The Balaban J connectivity index is 1.92. The van der Waals surface area contributed by atoms with Gasteiger partial charge in [-0.3, -0.25) is 0 Å². The summed E-state index contributed by atoms with van der Waals surface area (Å²) in [6, 6.07) is 0. The van der Waals surface area contributed by atoms with Gasteiger partial charge in [-0.1, -0.05) is 0 Å². The summed E-state index contributed by atoms with van der Waals surface area (Å²) in [5, 5.41) is 1.30. The lowest BCUT2D eigenvalue weighted by Crippen LogP contribution is -2.58. The molecule has 0 aromatic rings. The fourth-order valence-electron chi connectivity index (χ4n) is 1.66. The number of carbonyl (C=O) groups excluding carboxylic acids is 2. The SMILES string of the molecule is CC(C)(C)OC(=O)N1C[C@@H]2OC(=O)O[C@@H]2CN1. The van der Waals surface area contributed by atoms with Gasteiger partial charge in [0.15, 0.2) is 12.2 Å². The topological polar surface area (TPSA) is 77.1 Å². The van der Waals surface area contributed by atoms with Gasteiger partial charge in [0, 0.05) is 0 Å². The average Bonchev–Trinajstić information content (AvgIpc) is 2.53. The van der Waals surface area contributed by atoms with Gasteiger partial charge in [0.25, 0.3) is 0 Å². The van der Waals surface area contributed by atoms with Crippen molar-refractivity contribution in [3.63, 3.8) is 0 Å². The van der Waals surface area contributed by atoms with Crippen LogP contribution in [0.2, 0.25) is 0 Å². The molecule has 7 nitrogen and oxygen atoms in total. The highest BCUT2D eigenvalue weighted by Gasteiger charge is 2.43. The molecule has 0 unspecified atom stereocenters. The van der Waals surface area contributed by atoms with Crippen molar-refractivity contribution in [2.75, 3.05) is 13.1 Å². The van der Waals surface area contributed by atoms with Gasteiger partial charge >= 0.3 is 12.2 Å². The summed E-state index contributed by atoms with van der Waals surface area (Å²) >= 11 is 0. The number of hydrogen-bond acceptors (Lipinski definition) is 6. The van der Waals surface area contributed by atoms with Crippen molar-refractivity contribution in [3.05, 3.63) is 0 Å². The number of amides is 1. The van der Waals surface area contributed by atoms with Gasteiger partial charge in [-0.05, 0) is 20.8 Å². The summed E-state index contributed by atoms with van der Waals surface area (Å²) in [6.07, 6.45) is -1.93. The van der Waals surface area contributed by atoms with Crippen molar-refractivity contribution < 1.29 is 23.8 Å². The zero-order chi connectivity index (χ0) is 12.6. The first-order chi connectivity index (χ1) is 7.85. The molecule has 2 heterocycles. The molecule has 0 aliphatic carbocycles. The van der Waals surface area contributed by atoms with Crippen molar-refractivity contribution in [2.24, 2.45) is 0 Å². The molecule has 2 rings (SSSR count). The Kier molecular flexibility index (Phi) is 2.86. The first kappa shape index (κ1) is 12.0. The van der Waals surface area contributed by atoms with Gasteiger partial charge in [-0.15, -0.1) is 0 Å². The highest BCUT2D eigenvalue weighted by molar-refractivity contribution is 5.68. The maximum Gasteiger partial charge on any atom is 0.509 e. The number of carbonyl (C=O) groups is 2. The summed E-state index contributed by atoms with van der Waals surface area (Å²) in [4.78, 5) is 22.7. The van der Waals surface area contributed by atoms with Crippen LogP contribution in [0.5, 0.6) is 0 Å². The Bertz CT molecular complexity index is 338. The Labute approximate surface area is 99.0 Å².